The molecule has 0 amide bonds. The SMILES string of the molecule is CC1=CC=C(OCC(C)c2sc(-c3ccc(C(F)(F)F)cc3)cc2C)C=C=C1.COC(C)C(=O)O. The zero-order valence-electron chi connectivity index (χ0n) is 20.3. The van der Waals surface area contributed by atoms with E-state index in [2.05, 4.69) is 17.4 Å². The van der Waals surface area contributed by atoms with E-state index in [4.69, 9.17) is 9.84 Å². The van der Waals surface area contributed by atoms with E-state index in [1.54, 1.807) is 11.3 Å². The van der Waals surface area contributed by atoms with Crippen LogP contribution in [-0.2, 0) is 20.4 Å². The summed E-state index contributed by atoms with van der Waals surface area (Å²) >= 11 is 1.60. The molecule has 188 valence electrons. The molecule has 1 aromatic heterocycles. The quantitative estimate of drug-likeness (QED) is 0.395. The standard InChI is InChI=1S/C23H21F3OS.C4H8O3/c1-15-5-4-6-20(12-7-15)27-14-17(3)22-16(2)13-21(28-22)18-8-10-19(11-9-18)23(24,25)26;1-3(7-2)4(5)6/h5-13,17H,14H2,1-3H3;3H,1-2H3,(H,5,6). The van der Waals surface area contributed by atoms with Crippen LogP contribution < -0.4 is 0 Å². The number of benzene rings is 1. The van der Waals surface area contributed by atoms with Gasteiger partial charge in [0.1, 0.15) is 5.76 Å². The van der Waals surface area contributed by atoms with E-state index in [0.29, 0.717) is 6.61 Å². The van der Waals surface area contributed by atoms with E-state index in [-0.39, 0.29) is 5.92 Å². The van der Waals surface area contributed by atoms with Gasteiger partial charge in [0.05, 0.1) is 12.2 Å². The number of hydrogen-bond donors (Lipinski definition) is 1. The Labute approximate surface area is 207 Å². The van der Waals surface area contributed by atoms with Crippen molar-refractivity contribution in [1.82, 2.24) is 0 Å². The molecule has 2 aromatic rings. The lowest BCUT2D eigenvalue weighted by Crippen LogP contribution is -2.17. The third-order valence-corrected chi connectivity index (χ3v) is 6.67. The number of rotatable bonds is 7. The Kier molecular flexibility index (Phi) is 10.1. The Hall–Kier alpha value is -3.06. The third-order valence-electron chi connectivity index (χ3n) is 5.15. The molecule has 8 heteroatoms. The number of carboxylic acids is 1. The molecule has 0 fully saturated rings. The summed E-state index contributed by atoms with van der Waals surface area (Å²) in [6, 6.07) is 7.34. The molecule has 3 rings (SSSR count). The zero-order chi connectivity index (χ0) is 26.2. The first-order valence-electron chi connectivity index (χ1n) is 10.9. The number of methoxy groups -OCH3 is 1. The fourth-order valence-electron chi connectivity index (χ4n) is 3.00. The van der Waals surface area contributed by atoms with Crippen molar-refractivity contribution in [1.29, 1.82) is 0 Å². The van der Waals surface area contributed by atoms with Crippen molar-refractivity contribution in [2.75, 3.05) is 13.7 Å². The maximum absolute atomic E-state index is 12.8. The van der Waals surface area contributed by atoms with Gasteiger partial charge in [-0.1, -0.05) is 25.1 Å². The van der Waals surface area contributed by atoms with Crippen LogP contribution in [0.1, 0.15) is 42.7 Å². The van der Waals surface area contributed by atoms with Gasteiger partial charge in [-0.15, -0.1) is 17.1 Å². The Morgan fingerprint density at radius 1 is 1.11 bits per heavy atom. The van der Waals surface area contributed by atoms with Gasteiger partial charge in [0.15, 0.2) is 6.10 Å². The van der Waals surface area contributed by atoms with E-state index in [1.165, 1.54) is 31.0 Å². The number of thiophene rings is 1. The summed E-state index contributed by atoms with van der Waals surface area (Å²) in [6.45, 7) is 8.11. The van der Waals surface area contributed by atoms with E-state index >= 15 is 0 Å². The second-order valence-electron chi connectivity index (χ2n) is 8.10. The highest BCUT2D eigenvalue weighted by molar-refractivity contribution is 7.15. The van der Waals surface area contributed by atoms with E-state index in [0.717, 1.165) is 39.5 Å². The molecule has 1 N–H and O–H groups in total. The van der Waals surface area contributed by atoms with Gasteiger partial charge in [-0.3, -0.25) is 0 Å². The van der Waals surface area contributed by atoms with Crippen molar-refractivity contribution in [2.45, 2.75) is 45.9 Å². The van der Waals surface area contributed by atoms with Crippen LogP contribution in [0.25, 0.3) is 10.4 Å². The number of allylic oxidation sites excluding steroid dienone is 4. The molecule has 0 saturated heterocycles. The number of hydrogen-bond acceptors (Lipinski definition) is 4. The Bertz CT molecular complexity index is 1130. The van der Waals surface area contributed by atoms with E-state index < -0.39 is 23.8 Å². The molecular weight excluding hydrogens is 477 g/mol. The lowest BCUT2D eigenvalue weighted by Gasteiger charge is -2.13. The lowest BCUT2D eigenvalue weighted by molar-refractivity contribution is -0.147. The maximum Gasteiger partial charge on any atom is 0.416 e. The fraction of sp³-hybridized carbons (Fsp3) is 0.333. The smallest absolute Gasteiger partial charge is 0.416 e. The second-order valence-corrected chi connectivity index (χ2v) is 9.18. The highest BCUT2D eigenvalue weighted by atomic mass is 32.1. The number of aryl methyl sites for hydroxylation is 1. The van der Waals surface area contributed by atoms with Crippen LogP contribution in [0, 0.1) is 6.92 Å². The first-order valence-corrected chi connectivity index (χ1v) is 11.7. The third kappa shape index (κ3) is 8.58. The van der Waals surface area contributed by atoms with Crippen molar-refractivity contribution in [2.24, 2.45) is 0 Å². The molecule has 0 saturated carbocycles. The van der Waals surface area contributed by atoms with Gasteiger partial charge in [0.2, 0.25) is 0 Å². The Morgan fingerprint density at radius 2 is 1.77 bits per heavy atom. The van der Waals surface area contributed by atoms with Crippen molar-refractivity contribution >= 4 is 17.3 Å². The molecule has 0 bridgehead atoms. The number of halogens is 3. The van der Waals surface area contributed by atoms with Crippen molar-refractivity contribution in [3.05, 3.63) is 87.7 Å². The highest BCUT2D eigenvalue weighted by Gasteiger charge is 2.30. The van der Waals surface area contributed by atoms with Crippen molar-refractivity contribution < 1.29 is 32.5 Å². The van der Waals surface area contributed by atoms with Crippen LogP contribution in [0.15, 0.2) is 71.7 Å². The van der Waals surface area contributed by atoms with Crippen LogP contribution in [0.2, 0.25) is 0 Å². The number of ether oxygens (including phenoxy) is 2. The van der Waals surface area contributed by atoms with Crippen LogP contribution in [0.4, 0.5) is 13.2 Å². The topological polar surface area (TPSA) is 55.8 Å². The molecule has 4 nitrogen and oxygen atoms in total. The van der Waals surface area contributed by atoms with Crippen molar-refractivity contribution in [3.8, 4) is 10.4 Å². The first kappa shape index (κ1) is 28.2. The number of alkyl halides is 3. The summed E-state index contributed by atoms with van der Waals surface area (Å²) < 4.78 is 48.6. The van der Waals surface area contributed by atoms with Gasteiger partial charge < -0.3 is 14.6 Å². The van der Waals surface area contributed by atoms with Crippen LogP contribution in [-0.4, -0.2) is 30.9 Å². The minimum absolute atomic E-state index is 0.166. The van der Waals surface area contributed by atoms with Gasteiger partial charge in [0, 0.05) is 28.9 Å². The highest BCUT2D eigenvalue weighted by Crippen LogP contribution is 2.37. The minimum atomic E-state index is -4.31. The van der Waals surface area contributed by atoms with Crippen molar-refractivity contribution in [3.63, 3.8) is 0 Å². The molecular formula is C27H29F3O4S. The molecule has 0 aliphatic heterocycles. The number of carboxylic acid groups (broad SMARTS) is 1. The van der Waals surface area contributed by atoms with Crippen LogP contribution in [0.3, 0.4) is 0 Å². The summed E-state index contributed by atoms with van der Waals surface area (Å²) in [7, 11) is 1.36. The summed E-state index contributed by atoms with van der Waals surface area (Å²) in [5.41, 5.74) is 5.47. The molecule has 35 heavy (non-hydrogen) atoms. The molecule has 2 unspecified atom stereocenters. The first-order chi connectivity index (χ1) is 16.4. The molecule has 0 radical (unpaired) electrons. The predicted molar refractivity (Wildman–Crippen MR) is 132 cm³/mol. The normalized spacial score (nSPS) is 14.7. The molecule has 1 aliphatic rings. The number of carbonyl (C=O) groups is 1. The van der Waals surface area contributed by atoms with Crippen LogP contribution in [0.5, 0.6) is 0 Å². The monoisotopic (exact) mass is 506 g/mol. The van der Waals surface area contributed by atoms with Gasteiger partial charge in [-0.05, 0) is 67.8 Å². The molecule has 2 atom stereocenters. The molecule has 0 spiro atoms. The summed E-state index contributed by atoms with van der Waals surface area (Å²) in [5.74, 6) is -0.000528. The molecule has 1 aromatic carbocycles. The largest absolute Gasteiger partial charge is 0.492 e. The lowest BCUT2D eigenvalue weighted by atomic mass is 10.1. The van der Waals surface area contributed by atoms with Gasteiger partial charge in [-0.25, -0.2) is 4.79 Å². The average Bonchev–Trinajstić information content (AvgIpc) is 3.08. The van der Waals surface area contributed by atoms with E-state index in [1.807, 2.05) is 44.2 Å². The molecule has 1 heterocycles. The fourth-order valence-corrected chi connectivity index (χ4v) is 4.22. The van der Waals surface area contributed by atoms with Gasteiger partial charge >= 0.3 is 12.1 Å². The van der Waals surface area contributed by atoms with Crippen LogP contribution >= 0.6 is 11.3 Å². The number of aliphatic carboxylic acids is 1. The summed E-state index contributed by atoms with van der Waals surface area (Å²) in [6.07, 6.45) is 2.62. The maximum atomic E-state index is 12.8. The van der Waals surface area contributed by atoms with Gasteiger partial charge in [-0.2, -0.15) is 13.2 Å². The summed E-state index contributed by atoms with van der Waals surface area (Å²) in [5, 5.41) is 8.06. The minimum Gasteiger partial charge on any atom is -0.492 e. The average molecular weight is 507 g/mol. The molecule has 1 aliphatic carbocycles. The summed E-state index contributed by atoms with van der Waals surface area (Å²) in [4.78, 5) is 11.9. The second kappa shape index (κ2) is 12.6. The predicted octanol–water partition coefficient (Wildman–Crippen LogP) is 7.52. The Morgan fingerprint density at radius 3 is 2.31 bits per heavy atom. The van der Waals surface area contributed by atoms with Gasteiger partial charge in [0.25, 0.3) is 0 Å². The van der Waals surface area contributed by atoms with E-state index in [9.17, 15) is 18.0 Å². The zero-order valence-corrected chi connectivity index (χ0v) is 21.1. The Balaban J connectivity index is 0.000000540.